The van der Waals surface area contributed by atoms with Crippen LogP contribution in [0.5, 0.6) is 5.75 Å². The van der Waals surface area contributed by atoms with Crippen LogP contribution < -0.4 is 10.1 Å². The number of rotatable bonds is 6. The summed E-state index contributed by atoms with van der Waals surface area (Å²) in [5.41, 5.74) is 3.99. The summed E-state index contributed by atoms with van der Waals surface area (Å²) in [5.74, 6) is 0.320. The monoisotopic (exact) mass is 399 g/mol. The zero-order chi connectivity index (χ0) is 20.9. The molecule has 0 bridgehead atoms. The summed E-state index contributed by atoms with van der Waals surface area (Å²) >= 11 is 0. The van der Waals surface area contributed by atoms with Crippen molar-refractivity contribution >= 4 is 11.7 Å². The number of ether oxygens (including phenoxy) is 1. The van der Waals surface area contributed by atoms with E-state index in [1.54, 1.807) is 7.11 Å². The Bertz CT molecular complexity index is 1100. The third-order valence-electron chi connectivity index (χ3n) is 4.95. The van der Waals surface area contributed by atoms with Gasteiger partial charge in [0.15, 0.2) is 5.69 Å². The highest BCUT2D eigenvalue weighted by Crippen LogP contribution is 2.32. The lowest BCUT2D eigenvalue weighted by molar-refractivity contribution is -0.116. The maximum Gasteiger partial charge on any atom is 0.237 e. The van der Waals surface area contributed by atoms with Gasteiger partial charge in [0.1, 0.15) is 5.75 Å². The number of nitrogens with one attached hydrogen (secondary N) is 1. The Morgan fingerprint density at radius 1 is 0.933 bits per heavy atom. The topological polar surface area (TPSA) is 77.2 Å². The third-order valence-corrected chi connectivity index (χ3v) is 4.95. The molecule has 0 atom stereocenters. The van der Waals surface area contributed by atoms with Gasteiger partial charge in [0.2, 0.25) is 11.7 Å². The number of aryl methyl sites for hydroxylation is 1. The summed E-state index contributed by atoms with van der Waals surface area (Å²) in [6, 6.07) is 24.9. The molecular weight excluding hydrogens is 378 g/mol. The van der Waals surface area contributed by atoms with E-state index >= 15 is 0 Å². The molecule has 0 spiro atoms. The predicted molar refractivity (Wildman–Crippen MR) is 114 cm³/mol. The first-order valence-corrected chi connectivity index (χ1v) is 9.55. The molecule has 0 aliphatic carbocycles. The van der Waals surface area contributed by atoms with Crippen molar-refractivity contribution in [1.82, 2.24) is 10.3 Å². The van der Waals surface area contributed by atoms with Crippen LogP contribution in [0.1, 0.15) is 22.6 Å². The number of hydrogen-bond donors (Lipinski definition) is 1. The second kappa shape index (κ2) is 8.61. The molecule has 1 heterocycles. The number of hydrogen-bond acceptors (Lipinski definition) is 5. The van der Waals surface area contributed by atoms with E-state index in [-0.39, 0.29) is 11.7 Å². The largest absolute Gasteiger partial charge is 0.497 e. The smallest absolute Gasteiger partial charge is 0.237 e. The molecule has 3 aromatic carbocycles. The molecule has 1 amide bonds. The molecular formula is C24H21N3O3. The number of carbonyl (C=O) groups is 1. The second-order valence-electron chi connectivity index (χ2n) is 6.89. The quantitative estimate of drug-likeness (QED) is 0.503. The van der Waals surface area contributed by atoms with E-state index in [1.807, 2.05) is 85.8 Å². The average molecular weight is 399 g/mol. The Labute approximate surface area is 174 Å². The summed E-state index contributed by atoms with van der Waals surface area (Å²) in [5, 5.41) is 10.9. The molecule has 0 fully saturated rings. The lowest BCUT2D eigenvalue weighted by Crippen LogP contribution is -2.22. The van der Waals surface area contributed by atoms with E-state index in [0.717, 1.165) is 28.0 Å². The van der Waals surface area contributed by atoms with Gasteiger partial charge in [0, 0.05) is 5.56 Å². The third kappa shape index (κ3) is 3.93. The van der Waals surface area contributed by atoms with E-state index in [9.17, 15) is 4.79 Å². The molecule has 0 saturated heterocycles. The number of aromatic nitrogens is 2. The predicted octanol–water partition coefficient (Wildman–Crippen LogP) is 4.82. The summed E-state index contributed by atoms with van der Waals surface area (Å²) in [6.07, 6.45) is 0. The Hall–Kier alpha value is -3.93. The number of anilines is 1. The zero-order valence-corrected chi connectivity index (χ0v) is 16.7. The first-order valence-electron chi connectivity index (χ1n) is 9.55. The molecule has 0 aliphatic rings. The highest BCUT2D eigenvalue weighted by molar-refractivity contribution is 5.99. The Kier molecular flexibility index (Phi) is 5.57. The molecule has 0 aliphatic heterocycles. The number of carbonyl (C=O) groups excluding carboxylic acids is 1. The minimum Gasteiger partial charge on any atom is -0.497 e. The first kappa shape index (κ1) is 19.4. The zero-order valence-electron chi connectivity index (χ0n) is 16.7. The van der Waals surface area contributed by atoms with Crippen molar-refractivity contribution in [1.29, 1.82) is 0 Å². The van der Waals surface area contributed by atoms with Crippen LogP contribution >= 0.6 is 0 Å². The molecule has 1 N–H and O–H groups in total. The molecule has 150 valence electrons. The number of amides is 1. The van der Waals surface area contributed by atoms with Crippen LogP contribution in [0.25, 0.3) is 11.3 Å². The van der Waals surface area contributed by atoms with Crippen LogP contribution in [0.3, 0.4) is 0 Å². The van der Waals surface area contributed by atoms with Crippen LogP contribution in [0.2, 0.25) is 0 Å². The maximum absolute atomic E-state index is 13.3. The molecule has 4 rings (SSSR count). The van der Waals surface area contributed by atoms with Gasteiger partial charge in [0.05, 0.1) is 13.0 Å². The van der Waals surface area contributed by atoms with Crippen LogP contribution in [0, 0.1) is 6.92 Å². The molecule has 1 aromatic heterocycles. The van der Waals surface area contributed by atoms with Crippen molar-refractivity contribution in [3.63, 3.8) is 0 Å². The van der Waals surface area contributed by atoms with Gasteiger partial charge in [-0.2, -0.15) is 0 Å². The highest BCUT2D eigenvalue weighted by Gasteiger charge is 2.25. The van der Waals surface area contributed by atoms with Gasteiger partial charge >= 0.3 is 0 Å². The summed E-state index contributed by atoms with van der Waals surface area (Å²) in [7, 11) is 1.62. The Balaban J connectivity index is 1.67. The molecule has 0 unspecified atom stereocenters. The molecule has 0 radical (unpaired) electrons. The molecule has 6 nitrogen and oxygen atoms in total. The van der Waals surface area contributed by atoms with E-state index in [4.69, 9.17) is 9.37 Å². The normalized spacial score (nSPS) is 10.8. The fourth-order valence-corrected chi connectivity index (χ4v) is 3.45. The summed E-state index contributed by atoms with van der Waals surface area (Å²) in [6.45, 7) is 1.94. The van der Waals surface area contributed by atoms with Gasteiger partial charge in [-0.3, -0.25) is 4.79 Å². The lowest BCUT2D eigenvalue weighted by atomic mass is 9.90. The highest BCUT2D eigenvalue weighted by atomic mass is 16.6. The van der Waals surface area contributed by atoms with Crippen molar-refractivity contribution < 1.29 is 14.2 Å². The van der Waals surface area contributed by atoms with Gasteiger partial charge in [0.25, 0.3) is 0 Å². The van der Waals surface area contributed by atoms with Gasteiger partial charge < -0.3 is 10.1 Å². The molecule has 30 heavy (non-hydrogen) atoms. The van der Waals surface area contributed by atoms with E-state index in [0.29, 0.717) is 5.69 Å². The lowest BCUT2D eigenvalue weighted by Gasteiger charge is -2.17. The van der Waals surface area contributed by atoms with Crippen molar-refractivity contribution in [2.45, 2.75) is 12.8 Å². The maximum atomic E-state index is 13.3. The van der Waals surface area contributed by atoms with Crippen molar-refractivity contribution in [2.75, 3.05) is 12.4 Å². The summed E-state index contributed by atoms with van der Waals surface area (Å²) < 4.78 is 10.2. The molecule has 0 saturated carbocycles. The van der Waals surface area contributed by atoms with Gasteiger partial charge in [-0.15, -0.1) is 0 Å². The van der Waals surface area contributed by atoms with Crippen molar-refractivity contribution in [3.8, 4) is 17.0 Å². The minimum absolute atomic E-state index is 0.212. The minimum atomic E-state index is -0.492. The van der Waals surface area contributed by atoms with Crippen molar-refractivity contribution in [2.24, 2.45) is 0 Å². The number of methoxy groups -OCH3 is 1. The molecule has 6 heteroatoms. The number of benzene rings is 3. The average Bonchev–Trinajstić information content (AvgIpc) is 3.23. The standard InChI is InChI=1S/C24H21N3O3/c1-16-15-19(29-2)13-14-20(16)22-23(27-30-26-22)25-24(28)21(17-9-5-3-6-10-17)18-11-7-4-8-12-18/h3-15,21H,1-2H3,(H,25,27,28). The van der Waals surface area contributed by atoms with Crippen LogP contribution in [0.15, 0.2) is 83.5 Å². The van der Waals surface area contributed by atoms with E-state index in [1.165, 1.54) is 0 Å². The van der Waals surface area contributed by atoms with E-state index < -0.39 is 5.92 Å². The van der Waals surface area contributed by atoms with Gasteiger partial charge in [-0.05, 0) is 52.1 Å². The second-order valence-corrected chi connectivity index (χ2v) is 6.89. The van der Waals surface area contributed by atoms with E-state index in [2.05, 4.69) is 15.6 Å². The summed E-state index contributed by atoms with van der Waals surface area (Å²) in [4.78, 5) is 13.3. The fourth-order valence-electron chi connectivity index (χ4n) is 3.45. The van der Waals surface area contributed by atoms with Crippen molar-refractivity contribution in [3.05, 3.63) is 95.6 Å². The SMILES string of the molecule is COc1ccc(-c2nonc2NC(=O)C(c2ccccc2)c2ccccc2)c(C)c1. The van der Waals surface area contributed by atoms with Crippen LogP contribution in [0.4, 0.5) is 5.82 Å². The van der Waals surface area contributed by atoms with Gasteiger partial charge in [-0.1, -0.05) is 60.7 Å². The van der Waals surface area contributed by atoms with Crippen LogP contribution in [-0.2, 0) is 4.79 Å². The van der Waals surface area contributed by atoms with Crippen LogP contribution in [-0.4, -0.2) is 23.3 Å². The molecule has 4 aromatic rings. The number of nitrogens with zero attached hydrogens (tertiary/aromatic N) is 2. The Morgan fingerprint density at radius 2 is 1.57 bits per heavy atom. The Morgan fingerprint density at radius 3 is 2.13 bits per heavy atom. The first-order chi connectivity index (χ1) is 14.7. The fraction of sp³-hybridized carbons (Fsp3) is 0.125. The van der Waals surface area contributed by atoms with Gasteiger partial charge in [-0.25, -0.2) is 4.63 Å².